The highest BCUT2D eigenvalue weighted by Crippen LogP contribution is 2.11. The first-order chi connectivity index (χ1) is 7.46. The van der Waals surface area contributed by atoms with Crippen LogP contribution in [0.1, 0.15) is 5.69 Å². The number of nitrogens with zero attached hydrogens (tertiary/aromatic N) is 3. The summed E-state index contributed by atoms with van der Waals surface area (Å²) in [5.41, 5.74) is 5.19. The molecule has 16 heavy (non-hydrogen) atoms. The average Bonchev–Trinajstić information content (AvgIpc) is 2.56. The quantitative estimate of drug-likeness (QED) is 0.512. The summed E-state index contributed by atoms with van der Waals surface area (Å²) in [5, 5.41) is 5.28. The lowest BCUT2D eigenvalue weighted by Gasteiger charge is -2.03. The second-order valence-electron chi connectivity index (χ2n) is 4.90. The molecule has 0 atom stereocenters. The fourth-order valence-corrected chi connectivity index (χ4v) is 1.87. The SMILES string of the molecule is Cn1ncc2cc(C#C[Si](C)(C)C)ncc21. The third kappa shape index (κ3) is 2.31. The summed E-state index contributed by atoms with van der Waals surface area (Å²) in [6.07, 6.45) is 3.67. The van der Waals surface area contributed by atoms with E-state index < -0.39 is 8.07 Å². The lowest BCUT2D eigenvalue weighted by molar-refractivity contribution is 0.795. The van der Waals surface area contributed by atoms with Crippen LogP contribution in [-0.4, -0.2) is 22.8 Å². The monoisotopic (exact) mass is 229 g/mol. The Kier molecular flexibility index (Phi) is 2.56. The highest BCUT2D eigenvalue weighted by atomic mass is 28.3. The molecule has 2 heterocycles. The molecule has 0 aliphatic rings. The second kappa shape index (κ2) is 3.76. The smallest absolute Gasteiger partial charge is 0.129 e. The Hall–Kier alpha value is -1.60. The van der Waals surface area contributed by atoms with Crippen molar-refractivity contribution in [3.63, 3.8) is 0 Å². The van der Waals surface area contributed by atoms with Gasteiger partial charge in [-0.1, -0.05) is 25.6 Å². The Morgan fingerprint density at radius 3 is 2.69 bits per heavy atom. The summed E-state index contributed by atoms with van der Waals surface area (Å²) in [6, 6.07) is 2.00. The molecule has 0 aliphatic heterocycles. The summed E-state index contributed by atoms with van der Waals surface area (Å²) >= 11 is 0. The van der Waals surface area contributed by atoms with E-state index in [1.165, 1.54) is 0 Å². The van der Waals surface area contributed by atoms with Crippen LogP contribution in [0, 0.1) is 11.5 Å². The molecule has 0 unspecified atom stereocenters. The molecule has 0 aromatic carbocycles. The molecule has 0 bridgehead atoms. The van der Waals surface area contributed by atoms with Crippen molar-refractivity contribution < 1.29 is 0 Å². The van der Waals surface area contributed by atoms with Gasteiger partial charge in [0.15, 0.2) is 0 Å². The molecule has 3 nitrogen and oxygen atoms in total. The molecule has 82 valence electrons. The van der Waals surface area contributed by atoms with E-state index in [4.69, 9.17) is 0 Å². The van der Waals surface area contributed by atoms with E-state index in [0.29, 0.717) is 0 Å². The Morgan fingerprint density at radius 1 is 1.25 bits per heavy atom. The molecule has 0 spiro atoms. The van der Waals surface area contributed by atoms with Crippen molar-refractivity contribution in [2.24, 2.45) is 7.05 Å². The highest BCUT2D eigenvalue weighted by molar-refractivity contribution is 6.83. The minimum Gasteiger partial charge on any atom is -0.266 e. The van der Waals surface area contributed by atoms with Crippen LogP contribution >= 0.6 is 0 Å². The van der Waals surface area contributed by atoms with E-state index in [1.807, 2.05) is 30.2 Å². The van der Waals surface area contributed by atoms with Crippen molar-refractivity contribution in [3.8, 4) is 11.5 Å². The Morgan fingerprint density at radius 2 is 2.00 bits per heavy atom. The number of hydrogen-bond acceptors (Lipinski definition) is 2. The van der Waals surface area contributed by atoms with E-state index in [2.05, 4.69) is 41.2 Å². The van der Waals surface area contributed by atoms with Crippen LogP contribution in [0.4, 0.5) is 0 Å². The zero-order valence-corrected chi connectivity index (χ0v) is 11.1. The van der Waals surface area contributed by atoms with Crippen molar-refractivity contribution in [1.29, 1.82) is 0 Å². The van der Waals surface area contributed by atoms with Gasteiger partial charge in [0, 0.05) is 12.4 Å². The molecule has 2 rings (SSSR count). The van der Waals surface area contributed by atoms with E-state index in [9.17, 15) is 0 Å². The molecular weight excluding hydrogens is 214 g/mol. The summed E-state index contributed by atoms with van der Waals surface area (Å²) < 4.78 is 1.82. The molecule has 2 aromatic heterocycles. The van der Waals surface area contributed by atoms with Gasteiger partial charge in [-0.2, -0.15) is 5.10 Å². The molecule has 4 heteroatoms. The van der Waals surface area contributed by atoms with Gasteiger partial charge in [-0.3, -0.25) is 4.68 Å². The summed E-state index contributed by atoms with van der Waals surface area (Å²) in [7, 11) is 0.590. The van der Waals surface area contributed by atoms with Crippen LogP contribution in [0.5, 0.6) is 0 Å². The highest BCUT2D eigenvalue weighted by Gasteiger charge is 2.07. The molecule has 0 N–H and O–H groups in total. The topological polar surface area (TPSA) is 30.7 Å². The van der Waals surface area contributed by atoms with Crippen LogP contribution in [0.25, 0.3) is 10.9 Å². The van der Waals surface area contributed by atoms with Gasteiger partial charge in [0.05, 0.1) is 17.9 Å². The van der Waals surface area contributed by atoms with E-state index in [0.717, 1.165) is 16.6 Å². The zero-order chi connectivity index (χ0) is 11.8. The first-order valence-electron chi connectivity index (χ1n) is 5.27. The van der Waals surface area contributed by atoms with Crippen molar-refractivity contribution in [2.45, 2.75) is 19.6 Å². The fraction of sp³-hybridized carbons (Fsp3) is 0.333. The average molecular weight is 229 g/mol. The van der Waals surface area contributed by atoms with Crippen molar-refractivity contribution in [2.75, 3.05) is 0 Å². The third-order valence-electron chi connectivity index (χ3n) is 2.20. The van der Waals surface area contributed by atoms with Gasteiger partial charge < -0.3 is 0 Å². The first-order valence-corrected chi connectivity index (χ1v) is 8.77. The molecular formula is C12H15N3Si. The van der Waals surface area contributed by atoms with Crippen molar-refractivity contribution >= 4 is 19.0 Å². The lowest BCUT2D eigenvalue weighted by atomic mass is 10.3. The summed E-state index contributed by atoms with van der Waals surface area (Å²) in [4.78, 5) is 4.33. The largest absolute Gasteiger partial charge is 0.266 e. The fourth-order valence-electron chi connectivity index (χ4n) is 1.37. The van der Waals surface area contributed by atoms with Gasteiger partial charge in [-0.25, -0.2) is 4.98 Å². The van der Waals surface area contributed by atoms with Gasteiger partial charge in [0.25, 0.3) is 0 Å². The maximum atomic E-state index is 4.33. The zero-order valence-electron chi connectivity index (χ0n) is 10.1. The van der Waals surface area contributed by atoms with E-state index in [1.54, 1.807) is 0 Å². The Balaban J connectivity index is 2.43. The van der Waals surface area contributed by atoms with Gasteiger partial charge >= 0.3 is 0 Å². The molecule has 0 aliphatic carbocycles. The molecule has 0 fully saturated rings. The summed E-state index contributed by atoms with van der Waals surface area (Å²) in [5.74, 6) is 3.15. The van der Waals surface area contributed by atoms with Crippen molar-refractivity contribution in [1.82, 2.24) is 14.8 Å². The number of fused-ring (bicyclic) bond motifs is 1. The van der Waals surface area contributed by atoms with Gasteiger partial charge in [-0.15, -0.1) is 5.54 Å². The van der Waals surface area contributed by atoms with Crippen LogP contribution < -0.4 is 0 Å². The van der Waals surface area contributed by atoms with Gasteiger partial charge in [0.1, 0.15) is 13.8 Å². The number of rotatable bonds is 0. The summed E-state index contributed by atoms with van der Waals surface area (Å²) in [6.45, 7) is 6.67. The normalized spacial score (nSPS) is 11.2. The minimum absolute atomic E-state index is 0.836. The van der Waals surface area contributed by atoms with Gasteiger partial charge in [-0.05, 0) is 6.07 Å². The predicted molar refractivity (Wildman–Crippen MR) is 68.7 cm³/mol. The van der Waals surface area contributed by atoms with E-state index >= 15 is 0 Å². The lowest BCUT2D eigenvalue weighted by Crippen LogP contribution is -2.16. The second-order valence-corrected chi connectivity index (χ2v) is 9.65. The van der Waals surface area contributed by atoms with Crippen molar-refractivity contribution in [3.05, 3.63) is 24.2 Å². The first kappa shape index (κ1) is 10.9. The molecule has 0 saturated heterocycles. The minimum atomic E-state index is -1.32. The number of aromatic nitrogens is 3. The number of hydrogen-bond donors (Lipinski definition) is 0. The van der Waals surface area contributed by atoms with Crippen LogP contribution in [0.15, 0.2) is 18.5 Å². The molecule has 0 amide bonds. The molecule has 0 saturated carbocycles. The predicted octanol–water partition coefficient (Wildman–Crippen LogP) is 2.20. The van der Waals surface area contributed by atoms with Crippen LogP contribution in [0.2, 0.25) is 19.6 Å². The third-order valence-corrected chi connectivity index (χ3v) is 3.07. The Bertz CT molecular complexity index is 582. The maximum Gasteiger partial charge on any atom is 0.129 e. The number of pyridine rings is 1. The maximum absolute atomic E-state index is 4.33. The standard InChI is InChI=1S/C12H15N3Si/c1-15-12-9-13-11(5-6-16(2,3)4)7-10(12)8-14-15/h7-9H,1-4H3. The van der Waals surface area contributed by atoms with Crippen LogP contribution in [0.3, 0.4) is 0 Å². The Labute approximate surface area is 96.5 Å². The molecule has 0 radical (unpaired) electrons. The van der Waals surface area contributed by atoms with E-state index in [-0.39, 0.29) is 0 Å². The molecule has 2 aromatic rings. The van der Waals surface area contributed by atoms with Crippen LogP contribution in [-0.2, 0) is 7.05 Å². The number of aryl methyl sites for hydroxylation is 1. The van der Waals surface area contributed by atoms with Gasteiger partial charge in [0.2, 0.25) is 0 Å².